The first-order valence-corrected chi connectivity index (χ1v) is 4.86. The van der Waals surface area contributed by atoms with Crippen molar-refractivity contribution in [3.8, 4) is 0 Å². The van der Waals surface area contributed by atoms with Crippen LogP contribution in [0.3, 0.4) is 0 Å². The topological polar surface area (TPSA) is 37.3 Å². The van der Waals surface area contributed by atoms with Crippen LogP contribution in [0.2, 0.25) is 5.02 Å². The molecule has 0 amide bonds. The van der Waals surface area contributed by atoms with Crippen LogP contribution in [0.15, 0.2) is 18.2 Å². The molecule has 1 aromatic rings. The van der Waals surface area contributed by atoms with Gasteiger partial charge in [0.15, 0.2) is 0 Å². The number of halogens is 1. The predicted molar refractivity (Wildman–Crippen MR) is 56.9 cm³/mol. The molecule has 76 valence electrons. The van der Waals surface area contributed by atoms with E-state index >= 15 is 0 Å². The summed E-state index contributed by atoms with van der Waals surface area (Å²) in [6, 6.07) is 5.69. The molecule has 1 atom stereocenters. The van der Waals surface area contributed by atoms with Crippen LogP contribution in [0, 0.1) is 6.92 Å². The number of hydrogen-bond acceptors (Lipinski definition) is 1. The summed E-state index contributed by atoms with van der Waals surface area (Å²) in [7, 11) is 0. The molecule has 3 heteroatoms. The van der Waals surface area contributed by atoms with Crippen LogP contribution in [0.1, 0.15) is 30.4 Å². The monoisotopic (exact) mass is 212 g/mol. The number of benzene rings is 1. The van der Waals surface area contributed by atoms with Gasteiger partial charge in [0.2, 0.25) is 0 Å². The van der Waals surface area contributed by atoms with Crippen molar-refractivity contribution in [2.75, 3.05) is 0 Å². The molecule has 0 spiro atoms. The number of hydrogen-bond donors (Lipinski definition) is 1. The first-order chi connectivity index (χ1) is 6.50. The minimum absolute atomic E-state index is 0.0411. The van der Waals surface area contributed by atoms with E-state index in [1.54, 1.807) is 0 Å². The zero-order valence-electron chi connectivity index (χ0n) is 8.25. The number of aliphatic carboxylic acids is 1. The van der Waals surface area contributed by atoms with Crippen molar-refractivity contribution >= 4 is 17.6 Å². The maximum atomic E-state index is 10.5. The standard InChI is InChI=1S/C11H13ClO2/c1-7-3-4-9(10(12)5-7)8(2)6-11(13)14/h3-5,8H,6H2,1-2H3,(H,13,14). The van der Waals surface area contributed by atoms with Gasteiger partial charge in [-0.05, 0) is 30.0 Å². The van der Waals surface area contributed by atoms with Crippen LogP contribution in [0.5, 0.6) is 0 Å². The highest BCUT2D eigenvalue weighted by molar-refractivity contribution is 6.31. The Morgan fingerprint density at radius 1 is 1.57 bits per heavy atom. The van der Waals surface area contributed by atoms with E-state index in [2.05, 4.69) is 0 Å². The van der Waals surface area contributed by atoms with E-state index in [9.17, 15) is 4.79 Å². The molecule has 14 heavy (non-hydrogen) atoms. The second-order valence-corrected chi connectivity index (χ2v) is 3.93. The van der Waals surface area contributed by atoms with Crippen LogP contribution >= 0.6 is 11.6 Å². The van der Waals surface area contributed by atoms with Gasteiger partial charge in [0.1, 0.15) is 0 Å². The van der Waals surface area contributed by atoms with Crippen LogP contribution in [-0.2, 0) is 4.79 Å². The Morgan fingerprint density at radius 3 is 2.71 bits per heavy atom. The normalized spacial score (nSPS) is 12.5. The molecular weight excluding hydrogens is 200 g/mol. The Morgan fingerprint density at radius 2 is 2.21 bits per heavy atom. The lowest BCUT2D eigenvalue weighted by Crippen LogP contribution is -2.03. The smallest absolute Gasteiger partial charge is 0.303 e. The quantitative estimate of drug-likeness (QED) is 0.835. The predicted octanol–water partition coefficient (Wildman–Crippen LogP) is 3.23. The maximum absolute atomic E-state index is 10.5. The lowest BCUT2D eigenvalue weighted by atomic mass is 9.97. The third-order valence-corrected chi connectivity index (χ3v) is 2.50. The van der Waals surface area contributed by atoms with Crippen molar-refractivity contribution < 1.29 is 9.90 Å². The largest absolute Gasteiger partial charge is 0.481 e. The number of carboxylic acid groups (broad SMARTS) is 1. The van der Waals surface area contributed by atoms with Crippen molar-refractivity contribution in [1.82, 2.24) is 0 Å². The third-order valence-electron chi connectivity index (χ3n) is 2.17. The lowest BCUT2D eigenvalue weighted by molar-refractivity contribution is -0.137. The van der Waals surface area contributed by atoms with Gasteiger partial charge in [-0.2, -0.15) is 0 Å². The lowest BCUT2D eigenvalue weighted by Gasteiger charge is -2.11. The molecule has 0 saturated carbocycles. The summed E-state index contributed by atoms with van der Waals surface area (Å²) in [5.74, 6) is -0.838. The molecule has 0 aliphatic rings. The molecule has 1 N–H and O–H groups in total. The van der Waals surface area contributed by atoms with Gasteiger partial charge in [-0.25, -0.2) is 0 Å². The highest BCUT2D eigenvalue weighted by Gasteiger charge is 2.12. The molecule has 0 heterocycles. The summed E-state index contributed by atoms with van der Waals surface area (Å²) in [5.41, 5.74) is 1.99. The first-order valence-electron chi connectivity index (χ1n) is 4.48. The molecule has 0 saturated heterocycles. The summed E-state index contributed by atoms with van der Waals surface area (Å²) in [6.45, 7) is 3.82. The van der Waals surface area contributed by atoms with Gasteiger partial charge >= 0.3 is 5.97 Å². The van der Waals surface area contributed by atoms with E-state index in [0.29, 0.717) is 5.02 Å². The van der Waals surface area contributed by atoms with E-state index in [0.717, 1.165) is 11.1 Å². The Hall–Kier alpha value is -1.02. The zero-order chi connectivity index (χ0) is 10.7. The Kier molecular flexibility index (Phi) is 3.53. The summed E-state index contributed by atoms with van der Waals surface area (Å²) >= 11 is 6.01. The van der Waals surface area contributed by atoms with Crippen LogP contribution < -0.4 is 0 Å². The van der Waals surface area contributed by atoms with Crippen molar-refractivity contribution in [1.29, 1.82) is 0 Å². The van der Waals surface area contributed by atoms with Gasteiger partial charge in [0.05, 0.1) is 6.42 Å². The summed E-state index contributed by atoms with van der Waals surface area (Å²) in [6.07, 6.45) is 0.114. The van der Waals surface area contributed by atoms with Gasteiger partial charge in [-0.3, -0.25) is 4.79 Å². The SMILES string of the molecule is Cc1ccc(C(C)CC(=O)O)c(Cl)c1. The number of aryl methyl sites for hydroxylation is 1. The van der Waals surface area contributed by atoms with Crippen LogP contribution in [0.25, 0.3) is 0 Å². The average Bonchev–Trinajstić information content (AvgIpc) is 2.01. The average molecular weight is 213 g/mol. The number of rotatable bonds is 3. The highest BCUT2D eigenvalue weighted by Crippen LogP contribution is 2.27. The molecule has 0 fully saturated rings. The molecular formula is C11H13ClO2. The van der Waals surface area contributed by atoms with E-state index in [1.807, 2.05) is 32.0 Å². The Bertz CT molecular complexity index is 347. The van der Waals surface area contributed by atoms with Gasteiger partial charge in [0, 0.05) is 5.02 Å². The molecule has 0 aromatic heterocycles. The number of carboxylic acids is 1. The minimum Gasteiger partial charge on any atom is -0.481 e. The zero-order valence-corrected chi connectivity index (χ0v) is 9.01. The van der Waals surface area contributed by atoms with Crippen molar-refractivity contribution in [3.63, 3.8) is 0 Å². The Labute approximate surface area is 88.5 Å². The fraction of sp³-hybridized carbons (Fsp3) is 0.364. The van der Waals surface area contributed by atoms with Crippen LogP contribution in [-0.4, -0.2) is 11.1 Å². The van der Waals surface area contributed by atoms with Crippen molar-refractivity contribution in [2.45, 2.75) is 26.2 Å². The molecule has 0 aliphatic carbocycles. The Balaban J connectivity index is 2.90. The first kappa shape index (κ1) is 11.1. The molecule has 0 aliphatic heterocycles. The summed E-state index contributed by atoms with van der Waals surface area (Å²) < 4.78 is 0. The molecule has 1 rings (SSSR count). The molecule has 1 aromatic carbocycles. The molecule has 1 unspecified atom stereocenters. The summed E-state index contributed by atoms with van der Waals surface area (Å²) in [5, 5.41) is 9.30. The van der Waals surface area contributed by atoms with Gasteiger partial charge in [0.25, 0.3) is 0 Å². The van der Waals surface area contributed by atoms with Crippen LogP contribution in [0.4, 0.5) is 0 Å². The van der Waals surface area contributed by atoms with Crippen molar-refractivity contribution in [2.24, 2.45) is 0 Å². The second-order valence-electron chi connectivity index (χ2n) is 3.52. The second kappa shape index (κ2) is 4.47. The van der Waals surface area contributed by atoms with Gasteiger partial charge in [-0.15, -0.1) is 0 Å². The number of carbonyl (C=O) groups is 1. The van der Waals surface area contributed by atoms with E-state index in [-0.39, 0.29) is 12.3 Å². The van der Waals surface area contributed by atoms with E-state index in [4.69, 9.17) is 16.7 Å². The molecule has 0 radical (unpaired) electrons. The molecule has 2 nitrogen and oxygen atoms in total. The molecule has 0 bridgehead atoms. The van der Waals surface area contributed by atoms with E-state index < -0.39 is 5.97 Å². The van der Waals surface area contributed by atoms with Gasteiger partial charge in [-0.1, -0.05) is 30.7 Å². The third kappa shape index (κ3) is 2.74. The van der Waals surface area contributed by atoms with Crippen molar-refractivity contribution in [3.05, 3.63) is 34.3 Å². The maximum Gasteiger partial charge on any atom is 0.303 e. The fourth-order valence-electron chi connectivity index (χ4n) is 1.40. The summed E-state index contributed by atoms with van der Waals surface area (Å²) in [4.78, 5) is 10.5. The fourth-order valence-corrected chi connectivity index (χ4v) is 1.83. The highest BCUT2D eigenvalue weighted by atomic mass is 35.5. The minimum atomic E-state index is -0.797. The van der Waals surface area contributed by atoms with Gasteiger partial charge < -0.3 is 5.11 Å². The van der Waals surface area contributed by atoms with E-state index in [1.165, 1.54) is 0 Å².